The molecule has 1 saturated heterocycles. The smallest absolute Gasteiger partial charge is 0.326 e. The number of carbonyl (C=O) groups excluding carboxylic acids is 4. The summed E-state index contributed by atoms with van der Waals surface area (Å²) in [6.07, 6.45) is -0.453. The van der Waals surface area contributed by atoms with E-state index in [-0.39, 0.29) is 18.7 Å². The van der Waals surface area contributed by atoms with Crippen molar-refractivity contribution in [3.05, 3.63) is 0 Å². The highest BCUT2D eigenvalue weighted by Crippen LogP contribution is 2.19. The van der Waals surface area contributed by atoms with Crippen molar-refractivity contribution in [3.63, 3.8) is 0 Å². The maximum absolute atomic E-state index is 12.6. The zero-order chi connectivity index (χ0) is 23.0. The van der Waals surface area contributed by atoms with Crippen LogP contribution in [0.1, 0.15) is 25.7 Å². The van der Waals surface area contributed by atoms with Crippen molar-refractivity contribution >= 4 is 48.2 Å². The van der Waals surface area contributed by atoms with E-state index < -0.39 is 66.2 Å². The van der Waals surface area contributed by atoms with Gasteiger partial charge in [0, 0.05) is 12.3 Å². The predicted octanol–water partition coefficient (Wildman–Crippen LogP) is -3.36. The average molecular weight is 447 g/mol. The van der Waals surface area contributed by atoms with E-state index in [9.17, 15) is 28.8 Å². The summed E-state index contributed by atoms with van der Waals surface area (Å²) in [7, 11) is 0. The summed E-state index contributed by atoms with van der Waals surface area (Å²) in [4.78, 5) is 71.3. The van der Waals surface area contributed by atoms with Crippen LogP contribution in [0.3, 0.4) is 0 Å². The van der Waals surface area contributed by atoms with Crippen LogP contribution < -0.4 is 22.1 Å². The zero-order valence-corrected chi connectivity index (χ0v) is 16.8. The van der Waals surface area contributed by atoms with E-state index in [0.29, 0.717) is 12.8 Å². The largest absolute Gasteiger partial charge is 0.481 e. The number of thiol groups is 1. The summed E-state index contributed by atoms with van der Waals surface area (Å²) in [5, 5.41) is 22.2. The number of hydrogen-bond donors (Lipinski definition) is 7. The van der Waals surface area contributed by atoms with Crippen molar-refractivity contribution < 1.29 is 39.0 Å². The van der Waals surface area contributed by atoms with Crippen LogP contribution in [0.15, 0.2) is 0 Å². The van der Waals surface area contributed by atoms with Gasteiger partial charge in [-0.05, 0) is 12.8 Å². The molecule has 0 saturated carbocycles. The monoisotopic (exact) mass is 447 g/mol. The quantitative estimate of drug-likeness (QED) is 0.157. The molecule has 4 unspecified atom stereocenters. The Balaban J connectivity index is 2.80. The first kappa shape index (κ1) is 25.2. The zero-order valence-electron chi connectivity index (χ0n) is 15.9. The molecule has 8 N–H and O–H groups in total. The predicted molar refractivity (Wildman–Crippen MR) is 104 cm³/mol. The molecule has 1 aliphatic heterocycles. The first-order valence-corrected chi connectivity index (χ1v) is 9.61. The van der Waals surface area contributed by atoms with Crippen molar-refractivity contribution in [2.75, 3.05) is 12.3 Å². The fourth-order valence-corrected chi connectivity index (χ4v) is 3.19. The average Bonchev–Trinajstić information content (AvgIpc) is 3.13. The molecular formula is C16H25N5O8S. The third-order valence-corrected chi connectivity index (χ3v) is 4.75. The number of carbonyl (C=O) groups is 6. The molecule has 4 atom stereocenters. The van der Waals surface area contributed by atoms with Crippen molar-refractivity contribution in [1.29, 1.82) is 0 Å². The van der Waals surface area contributed by atoms with Gasteiger partial charge < -0.3 is 37.2 Å². The SMILES string of the molecule is NC(=O)CC(N)C(=O)N1CCCC1C(=O)NC(CS)C(=O)NC(CC(=O)O)C(=O)O. The van der Waals surface area contributed by atoms with Gasteiger partial charge >= 0.3 is 11.9 Å². The molecule has 1 aliphatic rings. The van der Waals surface area contributed by atoms with Crippen LogP contribution in [0.5, 0.6) is 0 Å². The second-order valence-electron chi connectivity index (χ2n) is 6.71. The molecule has 0 bridgehead atoms. The summed E-state index contributed by atoms with van der Waals surface area (Å²) < 4.78 is 0. The number of primary amides is 1. The lowest BCUT2D eigenvalue weighted by Crippen LogP contribution is -2.57. The van der Waals surface area contributed by atoms with E-state index in [0.717, 1.165) is 0 Å². The van der Waals surface area contributed by atoms with Crippen LogP contribution in [0.4, 0.5) is 0 Å². The van der Waals surface area contributed by atoms with E-state index in [1.807, 2.05) is 5.32 Å². The van der Waals surface area contributed by atoms with Crippen molar-refractivity contribution in [2.24, 2.45) is 11.5 Å². The van der Waals surface area contributed by atoms with Crippen LogP contribution in [-0.2, 0) is 28.8 Å². The molecule has 30 heavy (non-hydrogen) atoms. The molecule has 1 fully saturated rings. The van der Waals surface area contributed by atoms with Crippen LogP contribution in [0.25, 0.3) is 0 Å². The van der Waals surface area contributed by atoms with Gasteiger partial charge in [0.1, 0.15) is 18.1 Å². The van der Waals surface area contributed by atoms with Crippen LogP contribution >= 0.6 is 12.6 Å². The van der Waals surface area contributed by atoms with E-state index in [1.54, 1.807) is 0 Å². The second-order valence-corrected chi connectivity index (χ2v) is 7.07. The number of likely N-dealkylation sites (tertiary alicyclic amines) is 1. The maximum Gasteiger partial charge on any atom is 0.326 e. The van der Waals surface area contributed by atoms with Crippen molar-refractivity contribution in [2.45, 2.75) is 49.9 Å². The summed E-state index contributed by atoms with van der Waals surface area (Å²) in [5.41, 5.74) is 10.7. The number of nitrogens with two attached hydrogens (primary N) is 2. The van der Waals surface area contributed by atoms with Gasteiger partial charge in [0.25, 0.3) is 0 Å². The minimum absolute atomic E-state index is 0.209. The number of carboxylic acids is 2. The summed E-state index contributed by atoms with van der Waals surface area (Å²) in [5.74, 6) is -6.21. The Morgan fingerprint density at radius 2 is 1.70 bits per heavy atom. The lowest BCUT2D eigenvalue weighted by molar-refractivity contribution is -0.147. The van der Waals surface area contributed by atoms with Crippen LogP contribution in [-0.4, -0.2) is 87.1 Å². The highest BCUT2D eigenvalue weighted by molar-refractivity contribution is 7.80. The van der Waals surface area contributed by atoms with Crippen LogP contribution in [0.2, 0.25) is 0 Å². The van der Waals surface area contributed by atoms with Gasteiger partial charge in [-0.15, -0.1) is 0 Å². The number of hydrogen-bond acceptors (Lipinski definition) is 8. The first-order chi connectivity index (χ1) is 14.0. The van der Waals surface area contributed by atoms with Gasteiger partial charge in [0.05, 0.1) is 18.9 Å². The Morgan fingerprint density at radius 3 is 2.20 bits per heavy atom. The number of nitrogens with zero attached hydrogens (tertiary/aromatic N) is 1. The van der Waals surface area contributed by atoms with Gasteiger partial charge in [-0.3, -0.25) is 24.0 Å². The van der Waals surface area contributed by atoms with Gasteiger partial charge in [-0.25, -0.2) is 4.79 Å². The Morgan fingerprint density at radius 1 is 1.07 bits per heavy atom. The van der Waals surface area contributed by atoms with Crippen molar-refractivity contribution in [1.82, 2.24) is 15.5 Å². The lowest BCUT2D eigenvalue weighted by atomic mass is 10.1. The van der Waals surface area contributed by atoms with Crippen molar-refractivity contribution in [3.8, 4) is 0 Å². The number of aliphatic carboxylic acids is 2. The van der Waals surface area contributed by atoms with Gasteiger partial charge in [-0.2, -0.15) is 12.6 Å². The van der Waals surface area contributed by atoms with Crippen LogP contribution in [0, 0.1) is 0 Å². The van der Waals surface area contributed by atoms with E-state index in [1.165, 1.54) is 4.90 Å². The summed E-state index contributed by atoms with van der Waals surface area (Å²) in [6, 6.07) is -5.10. The van der Waals surface area contributed by atoms with E-state index in [2.05, 4.69) is 17.9 Å². The third-order valence-electron chi connectivity index (χ3n) is 4.39. The Hall–Kier alpha value is -2.87. The Labute approximate surface area is 176 Å². The molecule has 1 heterocycles. The molecule has 1 rings (SSSR count). The highest BCUT2D eigenvalue weighted by Gasteiger charge is 2.38. The number of rotatable bonds is 11. The minimum atomic E-state index is -1.69. The lowest BCUT2D eigenvalue weighted by Gasteiger charge is -2.28. The molecule has 4 amide bonds. The molecule has 0 aromatic rings. The van der Waals surface area contributed by atoms with Gasteiger partial charge in [-0.1, -0.05) is 0 Å². The molecule has 13 nitrogen and oxygen atoms in total. The minimum Gasteiger partial charge on any atom is -0.481 e. The normalized spacial score (nSPS) is 18.7. The molecule has 0 radical (unpaired) electrons. The molecule has 0 aromatic carbocycles. The molecule has 0 aliphatic carbocycles. The molecule has 14 heteroatoms. The standard InChI is InChI=1S/C16H25N5O8S/c17-7(4-11(18)22)15(27)21-3-1-2-10(21)14(26)20-9(6-30)13(25)19-8(16(28)29)5-12(23)24/h7-10,30H,1-6,17H2,(H2,18,22)(H,19,25)(H,20,26)(H,23,24)(H,28,29). The number of carboxylic acid groups (broad SMARTS) is 2. The summed E-state index contributed by atoms with van der Waals surface area (Å²) in [6.45, 7) is 0.223. The fourth-order valence-electron chi connectivity index (χ4n) is 2.93. The maximum atomic E-state index is 12.6. The Bertz CT molecular complexity index is 718. The molecule has 168 valence electrons. The molecule has 0 aromatic heterocycles. The molecule has 0 spiro atoms. The number of amides is 4. The molecular weight excluding hydrogens is 422 g/mol. The van der Waals surface area contributed by atoms with E-state index >= 15 is 0 Å². The highest BCUT2D eigenvalue weighted by atomic mass is 32.1. The fraction of sp³-hybridized carbons (Fsp3) is 0.625. The third kappa shape index (κ3) is 7.18. The number of nitrogens with one attached hydrogen (secondary N) is 2. The van der Waals surface area contributed by atoms with Gasteiger partial charge in [0.2, 0.25) is 23.6 Å². The first-order valence-electron chi connectivity index (χ1n) is 8.98. The summed E-state index contributed by atoms with van der Waals surface area (Å²) >= 11 is 3.96. The second kappa shape index (κ2) is 11.3. The van der Waals surface area contributed by atoms with Gasteiger partial charge in [0.15, 0.2) is 0 Å². The Kier molecular flexibility index (Phi) is 9.52. The van der Waals surface area contributed by atoms with E-state index in [4.69, 9.17) is 21.7 Å². The topological polar surface area (TPSA) is 222 Å².